The van der Waals surface area contributed by atoms with Crippen LogP contribution >= 0.6 is 0 Å². The first-order valence-electron chi connectivity index (χ1n) is 9.43. The number of anilines is 1. The van der Waals surface area contributed by atoms with Gasteiger partial charge >= 0.3 is 6.18 Å². The van der Waals surface area contributed by atoms with Crippen molar-refractivity contribution in [3.05, 3.63) is 70.8 Å². The molecule has 1 atom stereocenters. The lowest BCUT2D eigenvalue weighted by molar-refractivity contribution is -0.137. The SMILES string of the molecule is O=C(C=Cc1cccc(C(F)(F)F)c1)Nc1ccc2c(c1)C1CCCN1CC2. The second-order valence-electron chi connectivity index (χ2n) is 7.30. The van der Waals surface area contributed by atoms with Crippen LogP contribution in [0.25, 0.3) is 6.08 Å². The van der Waals surface area contributed by atoms with Crippen molar-refractivity contribution in [2.24, 2.45) is 0 Å². The maximum absolute atomic E-state index is 12.8. The molecule has 1 fully saturated rings. The standard InChI is InChI=1S/C22H21F3N2O/c23-22(24,25)17-4-1-3-15(13-17)6-9-21(28)26-18-8-7-16-10-12-27-11-2-5-20(27)19(16)14-18/h1,3-4,6-9,13-14,20H,2,5,10-12H2,(H,26,28). The Hall–Kier alpha value is -2.60. The lowest BCUT2D eigenvalue weighted by Crippen LogP contribution is -2.30. The zero-order valence-corrected chi connectivity index (χ0v) is 15.3. The minimum absolute atomic E-state index is 0.331. The van der Waals surface area contributed by atoms with Crippen LogP contribution in [0.5, 0.6) is 0 Å². The zero-order chi connectivity index (χ0) is 19.7. The molecule has 0 aromatic heterocycles. The molecule has 1 N–H and O–H groups in total. The third-order valence-corrected chi connectivity index (χ3v) is 5.45. The van der Waals surface area contributed by atoms with Gasteiger partial charge in [0, 0.05) is 24.4 Å². The molecule has 0 bridgehead atoms. The summed E-state index contributed by atoms with van der Waals surface area (Å²) in [5.41, 5.74) is 2.93. The minimum atomic E-state index is -4.40. The van der Waals surface area contributed by atoms with Gasteiger partial charge < -0.3 is 5.32 Å². The zero-order valence-electron chi connectivity index (χ0n) is 15.3. The number of amides is 1. The Balaban J connectivity index is 1.46. The van der Waals surface area contributed by atoms with Crippen molar-refractivity contribution < 1.29 is 18.0 Å². The van der Waals surface area contributed by atoms with Crippen molar-refractivity contribution in [2.75, 3.05) is 18.4 Å². The molecule has 1 amide bonds. The van der Waals surface area contributed by atoms with Crippen LogP contribution in [0.3, 0.4) is 0 Å². The van der Waals surface area contributed by atoms with Crippen LogP contribution in [-0.4, -0.2) is 23.9 Å². The highest BCUT2D eigenvalue weighted by molar-refractivity contribution is 6.02. The van der Waals surface area contributed by atoms with Gasteiger partial charge in [-0.05, 0) is 72.8 Å². The summed E-state index contributed by atoms with van der Waals surface area (Å²) in [6, 6.07) is 11.3. The molecule has 2 aliphatic rings. The fourth-order valence-electron chi connectivity index (χ4n) is 4.10. The maximum Gasteiger partial charge on any atom is 0.416 e. The molecule has 6 heteroatoms. The summed E-state index contributed by atoms with van der Waals surface area (Å²) < 4.78 is 38.3. The monoisotopic (exact) mass is 386 g/mol. The van der Waals surface area contributed by atoms with Gasteiger partial charge in [0.1, 0.15) is 0 Å². The molecule has 2 aromatic carbocycles. The summed E-state index contributed by atoms with van der Waals surface area (Å²) in [6.45, 7) is 2.21. The average molecular weight is 386 g/mol. The number of carbonyl (C=O) groups excluding carboxylic acids is 1. The van der Waals surface area contributed by atoms with Crippen LogP contribution in [0.1, 0.15) is 41.1 Å². The summed E-state index contributed by atoms with van der Waals surface area (Å²) in [5, 5.41) is 2.82. The molecule has 28 heavy (non-hydrogen) atoms. The van der Waals surface area contributed by atoms with Gasteiger partial charge in [0.15, 0.2) is 0 Å². The number of benzene rings is 2. The molecule has 1 saturated heterocycles. The molecule has 2 heterocycles. The second-order valence-corrected chi connectivity index (χ2v) is 7.30. The number of hydrogen-bond acceptors (Lipinski definition) is 2. The smallest absolute Gasteiger partial charge is 0.323 e. The van der Waals surface area contributed by atoms with Crippen molar-refractivity contribution in [2.45, 2.75) is 31.5 Å². The highest BCUT2D eigenvalue weighted by Crippen LogP contribution is 2.38. The van der Waals surface area contributed by atoms with E-state index in [-0.39, 0.29) is 5.91 Å². The van der Waals surface area contributed by atoms with E-state index >= 15 is 0 Å². The topological polar surface area (TPSA) is 32.3 Å². The quantitative estimate of drug-likeness (QED) is 0.749. The molecule has 0 radical (unpaired) electrons. The predicted octanol–water partition coefficient (Wildman–Crippen LogP) is 5.05. The fourth-order valence-corrected chi connectivity index (χ4v) is 4.10. The van der Waals surface area contributed by atoms with Gasteiger partial charge in [-0.15, -0.1) is 0 Å². The molecule has 146 valence electrons. The van der Waals surface area contributed by atoms with E-state index < -0.39 is 11.7 Å². The minimum Gasteiger partial charge on any atom is -0.323 e. The Kier molecular flexibility index (Phi) is 4.98. The summed E-state index contributed by atoms with van der Waals surface area (Å²) in [5.74, 6) is -0.364. The van der Waals surface area contributed by atoms with Crippen LogP contribution in [-0.2, 0) is 17.4 Å². The average Bonchev–Trinajstić information content (AvgIpc) is 3.15. The second kappa shape index (κ2) is 7.43. The van der Waals surface area contributed by atoms with E-state index in [9.17, 15) is 18.0 Å². The molecule has 2 aromatic rings. The Bertz CT molecular complexity index is 920. The molecule has 4 rings (SSSR count). The van der Waals surface area contributed by atoms with Gasteiger partial charge in [-0.3, -0.25) is 9.69 Å². The van der Waals surface area contributed by atoms with Crippen LogP contribution in [0, 0.1) is 0 Å². The molecular formula is C22H21F3N2O. The Morgan fingerprint density at radius 3 is 2.82 bits per heavy atom. The highest BCUT2D eigenvalue weighted by Gasteiger charge is 2.31. The third kappa shape index (κ3) is 3.97. The van der Waals surface area contributed by atoms with E-state index in [0.717, 1.165) is 38.1 Å². The number of alkyl halides is 3. The van der Waals surface area contributed by atoms with Crippen LogP contribution in [0.15, 0.2) is 48.5 Å². The van der Waals surface area contributed by atoms with Gasteiger partial charge in [-0.25, -0.2) is 0 Å². The number of nitrogens with one attached hydrogen (secondary N) is 1. The van der Waals surface area contributed by atoms with Gasteiger partial charge in [0.05, 0.1) is 5.56 Å². The maximum atomic E-state index is 12.8. The summed E-state index contributed by atoms with van der Waals surface area (Å²) in [6.07, 6.45) is 1.61. The van der Waals surface area contributed by atoms with Gasteiger partial charge in [-0.2, -0.15) is 13.2 Å². The Labute approximate surface area is 161 Å². The number of fused-ring (bicyclic) bond motifs is 3. The number of hydrogen-bond donors (Lipinski definition) is 1. The van der Waals surface area contributed by atoms with Crippen LogP contribution in [0.4, 0.5) is 18.9 Å². The van der Waals surface area contributed by atoms with Gasteiger partial charge in [0.25, 0.3) is 0 Å². The normalized spacial score (nSPS) is 19.5. The predicted molar refractivity (Wildman–Crippen MR) is 103 cm³/mol. The first kappa shape index (κ1) is 18.7. The van der Waals surface area contributed by atoms with Crippen molar-refractivity contribution in [3.63, 3.8) is 0 Å². The van der Waals surface area contributed by atoms with E-state index in [1.165, 1.54) is 41.8 Å². The number of halogens is 3. The summed E-state index contributed by atoms with van der Waals surface area (Å²) in [7, 11) is 0. The van der Waals surface area contributed by atoms with Crippen molar-refractivity contribution in [3.8, 4) is 0 Å². The van der Waals surface area contributed by atoms with E-state index in [1.54, 1.807) is 0 Å². The highest BCUT2D eigenvalue weighted by atomic mass is 19.4. The number of nitrogens with zero attached hydrogens (tertiary/aromatic N) is 1. The van der Waals surface area contributed by atoms with Crippen molar-refractivity contribution >= 4 is 17.7 Å². The summed E-state index contributed by atoms with van der Waals surface area (Å²) >= 11 is 0. The van der Waals surface area contributed by atoms with Crippen molar-refractivity contribution in [1.29, 1.82) is 0 Å². The summed E-state index contributed by atoms with van der Waals surface area (Å²) in [4.78, 5) is 14.7. The van der Waals surface area contributed by atoms with E-state index in [0.29, 0.717) is 17.3 Å². The lowest BCUT2D eigenvalue weighted by atomic mass is 9.92. The third-order valence-electron chi connectivity index (χ3n) is 5.45. The molecular weight excluding hydrogens is 365 g/mol. The fraction of sp³-hybridized carbons (Fsp3) is 0.318. The largest absolute Gasteiger partial charge is 0.416 e. The molecule has 2 aliphatic heterocycles. The van der Waals surface area contributed by atoms with E-state index in [1.807, 2.05) is 12.1 Å². The van der Waals surface area contributed by atoms with Gasteiger partial charge in [-0.1, -0.05) is 18.2 Å². The molecule has 1 unspecified atom stereocenters. The van der Waals surface area contributed by atoms with Gasteiger partial charge in [0.2, 0.25) is 5.91 Å². The van der Waals surface area contributed by atoms with Crippen LogP contribution < -0.4 is 5.32 Å². The lowest BCUT2D eigenvalue weighted by Gasteiger charge is -2.32. The van der Waals surface area contributed by atoms with Crippen LogP contribution in [0.2, 0.25) is 0 Å². The molecule has 0 aliphatic carbocycles. The Morgan fingerprint density at radius 2 is 2.00 bits per heavy atom. The number of carbonyl (C=O) groups is 1. The van der Waals surface area contributed by atoms with E-state index in [2.05, 4.69) is 16.3 Å². The number of rotatable bonds is 3. The first-order valence-corrected chi connectivity index (χ1v) is 9.43. The Morgan fingerprint density at radius 1 is 1.14 bits per heavy atom. The van der Waals surface area contributed by atoms with Crippen molar-refractivity contribution in [1.82, 2.24) is 4.90 Å². The van der Waals surface area contributed by atoms with E-state index in [4.69, 9.17) is 0 Å². The molecule has 0 saturated carbocycles. The molecule has 3 nitrogen and oxygen atoms in total. The molecule has 0 spiro atoms. The first-order chi connectivity index (χ1) is 13.4.